The quantitative estimate of drug-likeness (QED) is 0.635. The van der Waals surface area contributed by atoms with Crippen LogP contribution in [0.2, 0.25) is 0 Å². The van der Waals surface area contributed by atoms with E-state index in [1.807, 2.05) is 0 Å². The molecule has 0 spiro atoms. The van der Waals surface area contributed by atoms with Crippen molar-refractivity contribution in [2.45, 2.75) is 25.6 Å². The van der Waals surface area contributed by atoms with Crippen molar-refractivity contribution in [3.05, 3.63) is 0 Å². The molecular formula is C7H14O6S. The Labute approximate surface area is 82.8 Å². The predicted octanol–water partition coefficient (Wildman–Crippen LogP) is -0.408. The van der Waals surface area contributed by atoms with Gasteiger partial charge in [-0.3, -0.25) is 4.55 Å². The lowest BCUT2D eigenvalue weighted by Gasteiger charge is -2.32. The summed E-state index contributed by atoms with van der Waals surface area (Å²) >= 11 is 0. The van der Waals surface area contributed by atoms with E-state index < -0.39 is 22.6 Å². The van der Waals surface area contributed by atoms with E-state index in [1.165, 1.54) is 0 Å². The Morgan fingerprint density at radius 3 is 2.71 bits per heavy atom. The first-order valence-corrected chi connectivity index (χ1v) is 5.67. The molecule has 1 fully saturated rings. The van der Waals surface area contributed by atoms with Gasteiger partial charge in [0.25, 0.3) is 0 Å². The third kappa shape index (κ3) is 3.50. The van der Waals surface area contributed by atoms with Crippen molar-refractivity contribution >= 4 is 10.4 Å². The summed E-state index contributed by atoms with van der Waals surface area (Å²) in [6.07, 6.45) is -0.786. The summed E-state index contributed by atoms with van der Waals surface area (Å²) in [4.78, 5) is 0. The maximum Gasteiger partial charge on any atom is 0.397 e. The SMILES string of the molecule is CC1COC(CO)CC1OS(=O)(=O)O. The second-order valence-corrected chi connectivity index (χ2v) is 4.46. The first-order chi connectivity index (χ1) is 6.42. The van der Waals surface area contributed by atoms with Gasteiger partial charge in [-0.25, -0.2) is 4.18 Å². The van der Waals surface area contributed by atoms with Gasteiger partial charge in [0.2, 0.25) is 0 Å². The second-order valence-electron chi connectivity index (χ2n) is 3.41. The van der Waals surface area contributed by atoms with Crippen molar-refractivity contribution in [3.8, 4) is 0 Å². The molecule has 0 radical (unpaired) electrons. The molecule has 1 aliphatic rings. The van der Waals surface area contributed by atoms with Gasteiger partial charge >= 0.3 is 10.4 Å². The van der Waals surface area contributed by atoms with E-state index >= 15 is 0 Å². The van der Waals surface area contributed by atoms with Crippen molar-refractivity contribution in [2.75, 3.05) is 13.2 Å². The average molecular weight is 226 g/mol. The van der Waals surface area contributed by atoms with Gasteiger partial charge in [-0.05, 0) is 0 Å². The number of hydrogen-bond acceptors (Lipinski definition) is 5. The predicted molar refractivity (Wildman–Crippen MR) is 47.0 cm³/mol. The molecule has 3 atom stereocenters. The molecule has 0 aromatic heterocycles. The van der Waals surface area contributed by atoms with Crippen LogP contribution in [-0.2, 0) is 19.3 Å². The Hall–Kier alpha value is -0.210. The van der Waals surface area contributed by atoms with Gasteiger partial charge in [0.1, 0.15) is 0 Å². The zero-order chi connectivity index (χ0) is 10.8. The third-order valence-corrected chi connectivity index (χ3v) is 2.66. The van der Waals surface area contributed by atoms with Crippen LogP contribution in [-0.4, -0.2) is 43.5 Å². The standard InChI is InChI=1S/C7H14O6S/c1-5-4-12-6(3-8)2-7(5)13-14(9,10)11/h5-8H,2-4H2,1H3,(H,9,10,11). The number of aliphatic hydroxyl groups excluding tert-OH is 1. The summed E-state index contributed by atoms with van der Waals surface area (Å²) in [5.74, 6) is -0.125. The van der Waals surface area contributed by atoms with Gasteiger partial charge in [-0.15, -0.1) is 0 Å². The highest BCUT2D eigenvalue weighted by molar-refractivity contribution is 7.80. The van der Waals surface area contributed by atoms with Crippen LogP contribution >= 0.6 is 0 Å². The number of rotatable bonds is 3. The van der Waals surface area contributed by atoms with Crippen molar-refractivity contribution in [3.63, 3.8) is 0 Å². The molecule has 2 N–H and O–H groups in total. The minimum absolute atomic E-state index is 0.125. The molecule has 0 aliphatic carbocycles. The topological polar surface area (TPSA) is 93.1 Å². The highest BCUT2D eigenvalue weighted by atomic mass is 32.3. The van der Waals surface area contributed by atoms with Gasteiger partial charge in [0.15, 0.2) is 0 Å². The number of aliphatic hydroxyl groups is 1. The monoisotopic (exact) mass is 226 g/mol. The molecule has 0 amide bonds. The van der Waals surface area contributed by atoms with Crippen molar-refractivity contribution in [2.24, 2.45) is 5.92 Å². The molecule has 0 saturated carbocycles. The average Bonchev–Trinajstić information content (AvgIpc) is 2.06. The van der Waals surface area contributed by atoms with E-state index in [4.69, 9.17) is 14.4 Å². The Morgan fingerprint density at radius 1 is 1.57 bits per heavy atom. The van der Waals surface area contributed by atoms with E-state index in [9.17, 15) is 8.42 Å². The Kier molecular flexibility index (Phi) is 3.85. The van der Waals surface area contributed by atoms with E-state index in [0.29, 0.717) is 6.61 Å². The first-order valence-electron chi connectivity index (χ1n) is 4.30. The summed E-state index contributed by atoms with van der Waals surface area (Å²) in [7, 11) is -4.43. The molecule has 0 bridgehead atoms. The Balaban J connectivity index is 2.57. The van der Waals surface area contributed by atoms with Crippen molar-refractivity contribution in [1.82, 2.24) is 0 Å². The van der Waals surface area contributed by atoms with Crippen LogP contribution in [0.3, 0.4) is 0 Å². The van der Waals surface area contributed by atoms with E-state index in [-0.39, 0.29) is 18.9 Å². The molecular weight excluding hydrogens is 212 g/mol. The Morgan fingerprint density at radius 2 is 2.21 bits per heavy atom. The summed E-state index contributed by atoms with van der Waals surface area (Å²) in [5.41, 5.74) is 0. The normalized spacial score (nSPS) is 34.4. The van der Waals surface area contributed by atoms with E-state index in [2.05, 4.69) is 4.18 Å². The van der Waals surface area contributed by atoms with Crippen LogP contribution in [0.5, 0.6) is 0 Å². The first kappa shape index (κ1) is 11.9. The van der Waals surface area contributed by atoms with Gasteiger partial charge in [0.05, 0.1) is 25.4 Å². The summed E-state index contributed by atoms with van der Waals surface area (Å²) in [6, 6.07) is 0. The fourth-order valence-electron chi connectivity index (χ4n) is 1.37. The van der Waals surface area contributed by atoms with Crippen LogP contribution in [0.1, 0.15) is 13.3 Å². The van der Waals surface area contributed by atoms with Crippen LogP contribution in [0.15, 0.2) is 0 Å². The molecule has 7 heteroatoms. The molecule has 14 heavy (non-hydrogen) atoms. The largest absolute Gasteiger partial charge is 0.397 e. The lowest BCUT2D eigenvalue weighted by molar-refractivity contribution is -0.0863. The molecule has 0 aromatic carbocycles. The smallest absolute Gasteiger partial charge is 0.394 e. The summed E-state index contributed by atoms with van der Waals surface area (Å²) in [6.45, 7) is 1.88. The molecule has 6 nitrogen and oxygen atoms in total. The molecule has 84 valence electrons. The minimum atomic E-state index is -4.43. The molecule has 1 saturated heterocycles. The molecule has 1 rings (SSSR count). The van der Waals surface area contributed by atoms with Crippen molar-refractivity contribution in [1.29, 1.82) is 0 Å². The highest BCUT2D eigenvalue weighted by Gasteiger charge is 2.31. The maximum atomic E-state index is 10.5. The summed E-state index contributed by atoms with van der Waals surface area (Å²) < 4.78 is 39.1. The van der Waals surface area contributed by atoms with Crippen molar-refractivity contribution < 1.29 is 27.0 Å². The van der Waals surface area contributed by atoms with Gasteiger partial charge in [-0.2, -0.15) is 8.42 Å². The second kappa shape index (κ2) is 4.54. The van der Waals surface area contributed by atoms with Gasteiger partial charge in [-0.1, -0.05) is 6.92 Å². The van der Waals surface area contributed by atoms with Crippen LogP contribution in [0, 0.1) is 5.92 Å². The molecule has 1 aliphatic heterocycles. The highest BCUT2D eigenvalue weighted by Crippen LogP contribution is 2.23. The summed E-state index contributed by atoms with van der Waals surface area (Å²) in [5, 5.41) is 8.80. The number of hydrogen-bond donors (Lipinski definition) is 2. The Bertz CT molecular complexity index is 274. The fourth-order valence-corrected chi connectivity index (χ4v) is 1.95. The van der Waals surface area contributed by atoms with Gasteiger partial charge < -0.3 is 9.84 Å². The maximum absolute atomic E-state index is 10.5. The molecule has 1 heterocycles. The lowest BCUT2D eigenvalue weighted by atomic mass is 9.97. The minimum Gasteiger partial charge on any atom is -0.394 e. The molecule has 0 aromatic rings. The molecule has 3 unspecified atom stereocenters. The van der Waals surface area contributed by atoms with Crippen LogP contribution in [0.25, 0.3) is 0 Å². The number of ether oxygens (including phenoxy) is 1. The van der Waals surface area contributed by atoms with Crippen LogP contribution < -0.4 is 0 Å². The fraction of sp³-hybridized carbons (Fsp3) is 1.00. The lowest BCUT2D eigenvalue weighted by Crippen LogP contribution is -2.40. The van der Waals surface area contributed by atoms with Gasteiger partial charge in [0, 0.05) is 12.3 Å². The van der Waals surface area contributed by atoms with Crippen LogP contribution in [0.4, 0.5) is 0 Å². The van der Waals surface area contributed by atoms with E-state index in [0.717, 1.165) is 0 Å². The third-order valence-electron chi connectivity index (χ3n) is 2.17. The zero-order valence-electron chi connectivity index (χ0n) is 7.79. The zero-order valence-corrected chi connectivity index (χ0v) is 8.61. The van der Waals surface area contributed by atoms with E-state index in [1.54, 1.807) is 6.92 Å².